The van der Waals surface area contributed by atoms with E-state index in [-0.39, 0.29) is 13.0 Å². The highest BCUT2D eigenvalue weighted by Crippen LogP contribution is 2.26. The van der Waals surface area contributed by atoms with Crippen LogP contribution in [0.5, 0.6) is 5.75 Å². The Balaban J connectivity index is 1.88. The molecule has 0 radical (unpaired) electrons. The van der Waals surface area contributed by atoms with Gasteiger partial charge in [0.15, 0.2) is 0 Å². The van der Waals surface area contributed by atoms with Gasteiger partial charge in [0, 0.05) is 15.6 Å². The highest BCUT2D eigenvalue weighted by Gasteiger charge is 2.24. The topological polar surface area (TPSA) is 87.9 Å². The Hall–Kier alpha value is -2.28. The zero-order chi connectivity index (χ0) is 21.6. The van der Waals surface area contributed by atoms with Crippen LogP contribution in [-0.4, -0.2) is 23.8 Å². The van der Waals surface area contributed by atoms with Gasteiger partial charge in [0.05, 0.1) is 0 Å². The van der Waals surface area contributed by atoms with Crippen molar-refractivity contribution in [3.8, 4) is 5.75 Å². The molecule has 0 unspecified atom stereocenters. The quantitative estimate of drug-likeness (QED) is 0.507. The van der Waals surface area contributed by atoms with Gasteiger partial charge in [-0.15, -0.1) is 0 Å². The van der Waals surface area contributed by atoms with Crippen LogP contribution in [0.1, 0.15) is 31.9 Å². The van der Waals surface area contributed by atoms with E-state index in [1.807, 2.05) is 0 Å². The SMILES string of the molecule is CC(C)(C)OC(=O)OC(=O)[C@H](N)Cc1ccc(OCc2c(Cl)cccc2Cl)cc1. The van der Waals surface area contributed by atoms with E-state index in [4.69, 9.17) is 38.4 Å². The zero-order valence-corrected chi connectivity index (χ0v) is 17.9. The number of rotatable bonds is 6. The van der Waals surface area contributed by atoms with Gasteiger partial charge < -0.3 is 19.9 Å². The average Bonchev–Trinajstić information content (AvgIpc) is 2.61. The molecule has 0 saturated heterocycles. The van der Waals surface area contributed by atoms with Crippen LogP contribution in [0.25, 0.3) is 0 Å². The average molecular weight is 440 g/mol. The van der Waals surface area contributed by atoms with Crippen LogP contribution in [0.3, 0.4) is 0 Å². The van der Waals surface area contributed by atoms with E-state index >= 15 is 0 Å². The minimum absolute atomic E-state index is 0.193. The second-order valence-electron chi connectivity index (χ2n) is 7.33. The molecule has 0 fully saturated rings. The molecule has 156 valence electrons. The van der Waals surface area contributed by atoms with Crippen molar-refractivity contribution in [3.05, 3.63) is 63.6 Å². The van der Waals surface area contributed by atoms with Gasteiger partial charge in [-0.2, -0.15) is 0 Å². The molecule has 0 aliphatic carbocycles. The number of ether oxygens (including phenoxy) is 3. The van der Waals surface area contributed by atoms with E-state index in [1.54, 1.807) is 63.2 Å². The lowest BCUT2D eigenvalue weighted by Gasteiger charge is -2.19. The Labute approximate surface area is 179 Å². The summed E-state index contributed by atoms with van der Waals surface area (Å²) in [5, 5.41) is 1.06. The first kappa shape index (κ1) is 23.0. The van der Waals surface area contributed by atoms with Crippen LogP contribution in [0.4, 0.5) is 4.79 Å². The van der Waals surface area contributed by atoms with Crippen LogP contribution in [-0.2, 0) is 27.3 Å². The molecule has 2 aromatic rings. The molecular weight excluding hydrogens is 417 g/mol. The largest absolute Gasteiger partial charge is 0.516 e. The van der Waals surface area contributed by atoms with Gasteiger partial charge in [-0.1, -0.05) is 41.4 Å². The molecule has 1 atom stereocenters. The molecule has 0 aliphatic heterocycles. The first-order chi connectivity index (χ1) is 13.5. The first-order valence-corrected chi connectivity index (χ1v) is 9.65. The van der Waals surface area contributed by atoms with Gasteiger partial charge in [-0.25, -0.2) is 9.59 Å². The second kappa shape index (κ2) is 9.96. The molecular formula is C21H23Cl2NO5. The van der Waals surface area contributed by atoms with E-state index in [0.717, 1.165) is 5.56 Å². The van der Waals surface area contributed by atoms with Gasteiger partial charge in [0.2, 0.25) is 0 Å². The molecule has 2 N–H and O–H groups in total. The Bertz CT molecular complexity index is 842. The Morgan fingerprint density at radius 3 is 2.17 bits per heavy atom. The maximum Gasteiger partial charge on any atom is 0.516 e. The number of carbonyl (C=O) groups excluding carboxylic acids is 2. The smallest absolute Gasteiger partial charge is 0.489 e. The predicted molar refractivity (Wildman–Crippen MR) is 111 cm³/mol. The summed E-state index contributed by atoms with van der Waals surface area (Å²) in [5.74, 6) is -0.248. The number of benzene rings is 2. The van der Waals surface area contributed by atoms with E-state index in [1.165, 1.54) is 0 Å². The van der Waals surface area contributed by atoms with Crippen LogP contribution < -0.4 is 10.5 Å². The minimum atomic E-state index is -1.07. The van der Waals surface area contributed by atoms with Gasteiger partial charge in [-0.3, -0.25) is 0 Å². The third kappa shape index (κ3) is 7.57. The monoisotopic (exact) mass is 439 g/mol. The lowest BCUT2D eigenvalue weighted by molar-refractivity contribution is -0.142. The predicted octanol–water partition coefficient (Wildman–Crippen LogP) is 4.92. The molecule has 0 amide bonds. The molecule has 2 aromatic carbocycles. The molecule has 6 nitrogen and oxygen atoms in total. The lowest BCUT2D eigenvalue weighted by Crippen LogP contribution is -2.37. The lowest BCUT2D eigenvalue weighted by atomic mass is 10.1. The minimum Gasteiger partial charge on any atom is -0.489 e. The number of nitrogens with two attached hydrogens (primary N) is 1. The molecule has 0 bridgehead atoms. The molecule has 29 heavy (non-hydrogen) atoms. The third-order valence-electron chi connectivity index (χ3n) is 3.70. The normalized spacial score (nSPS) is 12.2. The van der Waals surface area contributed by atoms with Gasteiger partial charge in [0.1, 0.15) is 24.0 Å². The van der Waals surface area contributed by atoms with Gasteiger partial charge in [-0.05, 0) is 57.0 Å². The van der Waals surface area contributed by atoms with E-state index in [0.29, 0.717) is 21.4 Å². The maximum absolute atomic E-state index is 11.9. The van der Waals surface area contributed by atoms with Crippen LogP contribution in [0.15, 0.2) is 42.5 Å². The van der Waals surface area contributed by atoms with Crippen molar-refractivity contribution in [1.82, 2.24) is 0 Å². The van der Waals surface area contributed by atoms with Crippen molar-refractivity contribution in [3.63, 3.8) is 0 Å². The summed E-state index contributed by atoms with van der Waals surface area (Å²) in [6, 6.07) is 11.3. The molecule has 0 aliphatic rings. The van der Waals surface area contributed by atoms with E-state index in [9.17, 15) is 9.59 Å². The first-order valence-electron chi connectivity index (χ1n) is 8.90. The summed E-state index contributed by atoms with van der Waals surface area (Å²) in [5.41, 5.74) is 6.55. The summed E-state index contributed by atoms with van der Waals surface area (Å²) >= 11 is 12.2. The molecule has 0 heterocycles. The maximum atomic E-state index is 11.9. The summed E-state index contributed by atoms with van der Waals surface area (Å²) < 4.78 is 15.3. The van der Waals surface area contributed by atoms with Crippen molar-refractivity contribution in [1.29, 1.82) is 0 Å². The fourth-order valence-corrected chi connectivity index (χ4v) is 2.82. The van der Waals surface area contributed by atoms with Crippen molar-refractivity contribution in [2.75, 3.05) is 0 Å². The summed E-state index contributed by atoms with van der Waals surface area (Å²) in [7, 11) is 0. The molecule has 0 aromatic heterocycles. The van der Waals surface area contributed by atoms with Crippen LogP contribution >= 0.6 is 23.2 Å². The van der Waals surface area contributed by atoms with Crippen molar-refractivity contribution < 1.29 is 23.8 Å². The second-order valence-corrected chi connectivity index (χ2v) is 8.14. The van der Waals surface area contributed by atoms with Gasteiger partial charge >= 0.3 is 12.1 Å². The number of esters is 1. The zero-order valence-electron chi connectivity index (χ0n) is 16.4. The fraction of sp³-hybridized carbons (Fsp3) is 0.333. The Kier molecular flexibility index (Phi) is 7.90. The van der Waals surface area contributed by atoms with Gasteiger partial charge in [0.25, 0.3) is 0 Å². The summed E-state index contributed by atoms with van der Waals surface area (Å²) in [6.45, 7) is 5.23. The Morgan fingerprint density at radius 2 is 1.62 bits per heavy atom. The van der Waals surface area contributed by atoms with Crippen molar-refractivity contribution in [2.45, 2.75) is 45.4 Å². The number of hydrogen-bond acceptors (Lipinski definition) is 6. The third-order valence-corrected chi connectivity index (χ3v) is 4.41. The molecule has 0 spiro atoms. The van der Waals surface area contributed by atoms with Crippen LogP contribution in [0, 0.1) is 0 Å². The van der Waals surface area contributed by atoms with Crippen molar-refractivity contribution >= 4 is 35.3 Å². The van der Waals surface area contributed by atoms with E-state index < -0.39 is 23.8 Å². The number of hydrogen-bond donors (Lipinski definition) is 1. The molecule has 0 saturated carbocycles. The highest BCUT2D eigenvalue weighted by atomic mass is 35.5. The van der Waals surface area contributed by atoms with Crippen molar-refractivity contribution in [2.24, 2.45) is 5.73 Å². The molecule has 8 heteroatoms. The van der Waals surface area contributed by atoms with E-state index in [2.05, 4.69) is 4.74 Å². The fourth-order valence-electron chi connectivity index (χ4n) is 2.31. The molecule has 2 rings (SSSR count). The summed E-state index contributed by atoms with van der Waals surface area (Å²) in [6.07, 6.45) is -0.877. The standard InChI is InChI=1S/C21H23Cl2NO5/c1-21(2,3)29-20(26)28-19(25)18(24)11-13-7-9-14(10-8-13)27-12-15-16(22)5-4-6-17(15)23/h4-10,18H,11-12,24H2,1-3H3/t18-/m1/s1. The number of carbonyl (C=O) groups is 2. The summed E-state index contributed by atoms with van der Waals surface area (Å²) in [4.78, 5) is 23.5. The highest BCUT2D eigenvalue weighted by molar-refractivity contribution is 6.35. The van der Waals surface area contributed by atoms with Crippen LogP contribution in [0.2, 0.25) is 10.0 Å². The number of halogens is 2. The Morgan fingerprint density at radius 1 is 1.03 bits per heavy atom.